The van der Waals surface area contributed by atoms with Crippen molar-refractivity contribution in [1.29, 1.82) is 0 Å². The molecule has 1 amide bonds. The zero-order valence-corrected chi connectivity index (χ0v) is 16.7. The lowest BCUT2D eigenvalue weighted by Crippen LogP contribution is -2.33. The summed E-state index contributed by atoms with van der Waals surface area (Å²) in [7, 11) is 0. The molecule has 0 atom stereocenters. The number of nitrogens with zero attached hydrogens (tertiary/aromatic N) is 2. The summed E-state index contributed by atoms with van der Waals surface area (Å²) in [5.74, 6) is 2.05. The number of carbonyl (C=O) groups is 1. The van der Waals surface area contributed by atoms with Crippen molar-refractivity contribution in [2.75, 3.05) is 11.9 Å². The molecular weight excluding hydrogens is 356 g/mol. The first-order valence-electron chi connectivity index (χ1n) is 8.87. The number of anilines is 1. The minimum atomic E-state index is -0.233. The van der Waals surface area contributed by atoms with Crippen LogP contribution in [0.5, 0.6) is 11.5 Å². The number of rotatable bonds is 7. The van der Waals surface area contributed by atoms with Crippen LogP contribution in [-0.2, 0) is 9.63 Å². The van der Waals surface area contributed by atoms with Gasteiger partial charge in [-0.05, 0) is 43.3 Å². The Morgan fingerprint density at radius 2 is 1.71 bits per heavy atom. The zero-order valence-electron chi connectivity index (χ0n) is 16.7. The minimum absolute atomic E-state index is 0.0949. The predicted octanol–water partition coefficient (Wildman–Crippen LogP) is 4.31. The van der Waals surface area contributed by atoms with E-state index in [-0.39, 0.29) is 17.9 Å². The lowest BCUT2D eigenvalue weighted by atomic mass is 9.95. The maximum atomic E-state index is 12.0. The first-order valence-corrected chi connectivity index (χ1v) is 8.87. The van der Waals surface area contributed by atoms with Crippen LogP contribution in [0.1, 0.15) is 27.7 Å². The Balaban J connectivity index is 1.78. The van der Waals surface area contributed by atoms with Gasteiger partial charge in [0.2, 0.25) is 5.91 Å². The van der Waals surface area contributed by atoms with Crippen LogP contribution in [0, 0.1) is 5.41 Å². The van der Waals surface area contributed by atoms with E-state index in [1.165, 1.54) is 0 Å². The molecule has 0 spiro atoms. The van der Waals surface area contributed by atoms with Crippen molar-refractivity contribution in [1.82, 2.24) is 10.3 Å². The van der Waals surface area contributed by atoms with Crippen LogP contribution in [0.2, 0.25) is 0 Å². The van der Waals surface area contributed by atoms with Crippen molar-refractivity contribution >= 4 is 17.4 Å². The highest BCUT2D eigenvalue weighted by atomic mass is 16.6. The molecule has 0 fully saturated rings. The van der Waals surface area contributed by atoms with E-state index >= 15 is 0 Å². The molecular formula is C21H26N4O3. The second-order valence-corrected chi connectivity index (χ2v) is 7.15. The highest BCUT2D eigenvalue weighted by molar-refractivity contribution is 5.98. The fourth-order valence-corrected chi connectivity index (χ4v) is 1.89. The van der Waals surface area contributed by atoms with Crippen LogP contribution in [0.4, 0.5) is 5.69 Å². The molecule has 1 aromatic carbocycles. The maximum absolute atomic E-state index is 12.0. The van der Waals surface area contributed by atoms with Gasteiger partial charge in [-0.3, -0.25) is 9.78 Å². The third-order valence-corrected chi connectivity index (χ3v) is 3.64. The van der Waals surface area contributed by atoms with Gasteiger partial charge >= 0.3 is 0 Å². The second kappa shape index (κ2) is 9.55. The van der Waals surface area contributed by atoms with Crippen molar-refractivity contribution in [3.8, 4) is 11.5 Å². The number of amidine groups is 1. The summed E-state index contributed by atoms with van der Waals surface area (Å²) in [5.41, 5.74) is 0.576. The standard InChI is InChI=1S/C21H26N4O3/c1-15(21(3,4)5)28-25-16(2)24-20(26)14-23-17-6-8-18(9-7-17)27-19-10-12-22-13-11-19/h6-13,23H,1,14H2,2-5H3,(H,24,25,26). The van der Waals surface area contributed by atoms with E-state index in [2.05, 4.69) is 27.4 Å². The lowest BCUT2D eigenvalue weighted by Gasteiger charge is -2.18. The number of pyridine rings is 1. The monoisotopic (exact) mass is 382 g/mol. The van der Waals surface area contributed by atoms with E-state index < -0.39 is 0 Å². The average molecular weight is 382 g/mol. The maximum Gasteiger partial charge on any atom is 0.244 e. The highest BCUT2D eigenvalue weighted by Crippen LogP contribution is 2.24. The van der Waals surface area contributed by atoms with Crippen LogP contribution in [0.15, 0.2) is 66.3 Å². The fourth-order valence-electron chi connectivity index (χ4n) is 1.89. The first-order chi connectivity index (χ1) is 13.2. The highest BCUT2D eigenvalue weighted by Gasteiger charge is 2.17. The Bertz CT molecular complexity index is 825. The number of nitrogens with one attached hydrogen (secondary N) is 2. The second-order valence-electron chi connectivity index (χ2n) is 7.15. The van der Waals surface area contributed by atoms with Crippen LogP contribution in [-0.4, -0.2) is 23.3 Å². The largest absolute Gasteiger partial charge is 0.457 e. The normalized spacial score (nSPS) is 11.5. The quantitative estimate of drug-likeness (QED) is 0.323. The van der Waals surface area contributed by atoms with Gasteiger partial charge in [0.05, 0.1) is 6.54 Å². The molecule has 0 aliphatic heterocycles. The molecule has 0 unspecified atom stereocenters. The van der Waals surface area contributed by atoms with Gasteiger partial charge < -0.3 is 20.2 Å². The van der Waals surface area contributed by atoms with E-state index in [0.717, 1.165) is 5.69 Å². The van der Waals surface area contributed by atoms with E-state index in [4.69, 9.17) is 9.57 Å². The number of carbonyl (C=O) groups excluding carboxylic acids is 1. The molecule has 2 aromatic rings. The Hall–Kier alpha value is -3.35. The molecule has 7 heteroatoms. The molecule has 148 valence electrons. The predicted molar refractivity (Wildman–Crippen MR) is 110 cm³/mol. The van der Waals surface area contributed by atoms with E-state index in [1.807, 2.05) is 45.0 Å². The number of ether oxygens (including phenoxy) is 1. The molecule has 0 saturated carbocycles. The number of hydrogen-bond acceptors (Lipinski definition) is 6. The molecule has 1 heterocycles. The fraction of sp³-hybridized carbons (Fsp3) is 0.286. The smallest absolute Gasteiger partial charge is 0.244 e. The molecule has 7 nitrogen and oxygen atoms in total. The molecule has 0 aliphatic rings. The summed E-state index contributed by atoms with van der Waals surface area (Å²) in [6.45, 7) is 11.5. The van der Waals surface area contributed by atoms with Gasteiger partial charge in [0, 0.05) is 23.5 Å². The zero-order chi connectivity index (χ0) is 20.6. The molecule has 0 aliphatic carbocycles. The van der Waals surface area contributed by atoms with Crippen molar-refractivity contribution in [2.24, 2.45) is 10.6 Å². The number of amides is 1. The SMILES string of the molecule is C=C(O/N=C(\C)NC(=O)CNc1ccc(Oc2ccncc2)cc1)C(C)(C)C. The van der Waals surface area contributed by atoms with Gasteiger partial charge in [-0.15, -0.1) is 0 Å². The van der Waals surface area contributed by atoms with Crippen molar-refractivity contribution in [3.05, 3.63) is 61.1 Å². The van der Waals surface area contributed by atoms with E-state index in [9.17, 15) is 4.79 Å². The van der Waals surface area contributed by atoms with E-state index in [1.54, 1.807) is 31.5 Å². The lowest BCUT2D eigenvalue weighted by molar-refractivity contribution is -0.118. The number of benzene rings is 1. The molecule has 28 heavy (non-hydrogen) atoms. The van der Waals surface area contributed by atoms with Crippen molar-refractivity contribution in [2.45, 2.75) is 27.7 Å². The Morgan fingerprint density at radius 1 is 1.11 bits per heavy atom. The topological polar surface area (TPSA) is 84.8 Å². The number of aromatic nitrogens is 1. The number of oxime groups is 1. The summed E-state index contributed by atoms with van der Waals surface area (Å²) >= 11 is 0. The van der Waals surface area contributed by atoms with Crippen LogP contribution < -0.4 is 15.4 Å². The molecule has 2 rings (SSSR count). The molecule has 0 radical (unpaired) electrons. The summed E-state index contributed by atoms with van der Waals surface area (Å²) in [6.07, 6.45) is 3.33. The average Bonchev–Trinajstić information content (AvgIpc) is 2.65. The van der Waals surface area contributed by atoms with Gasteiger partial charge in [-0.1, -0.05) is 32.5 Å². The van der Waals surface area contributed by atoms with Gasteiger partial charge in [0.15, 0.2) is 0 Å². The van der Waals surface area contributed by atoms with Crippen LogP contribution in [0.25, 0.3) is 0 Å². The summed E-state index contributed by atoms with van der Waals surface area (Å²) in [4.78, 5) is 21.2. The molecule has 0 bridgehead atoms. The van der Waals surface area contributed by atoms with Gasteiger partial charge in [-0.2, -0.15) is 0 Å². The summed E-state index contributed by atoms with van der Waals surface area (Å²) in [5, 5.41) is 9.57. The van der Waals surface area contributed by atoms with E-state index in [0.29, 0.717) is 23.1 Å². The van der Waals surface area contributed by atoms with Crippen LogP contribution in [0.3, 0.4) is 0 Å². The summed E-state index contributed by atoms with van der Waals surface area (Å²) < 4.78 is 5.70. The van der Waals surface area contributed by atoms with Crippen molar-refractivity contribution in [3.63, 3.8) is 0 Å². The molecule has 0 saturated heterocycles. The third kappa shape index (κ3) is 7.11. The minimum Gasteiger partial charge on any atom is -0.457 e. The molecule has 1 aromatic heterocycles. The van der Waals surface area contributed by atoms with Crippen molar-refractivity contribution < 1.29 is 14.4 Å². The summed E-state index contributed by atoms with van der Waals surface area (Å²) in [6, 6.07) is 10.9. The van der Waals surface area contributed by atoms with Gasteiger partial charge in [-0.25, -0.2) is 0 Å². The number of allylic oxidation sites excluding steroid dienone is 1. The first kappa shape index (κ1) is 21.0. The Kier molecular flexibility index (Phi) is 7.14. The van der Waals surface area contributed by atoms with Gasteiger partial charge in [0.25, 0.3) is 0 Å². The Morgan fingerprint density at radius 3 is 2.32 bits per heavy atom. The third-order valence-electron chi connectivity index (χ3n) is 3.64. The van der Waals surface area contributed by atoms with Crippen LogP contribution >= 0.6 is 0 Å². The Labute approximate surface area is 165 Å². The molecule has 2 N–H and O–H groups in total. The van der Waals surface area contributed by atoms with Gasteiger partial charge in [0.1, 0.15) is 23.1 Å². The number of hydrogen-bond donors (Lipinski definition) is 2.